The van der Waals surface area contributed by atoms with Crippen molar-refractivity contribution in [2.24, 2.45) is 0 Å². The molecule has 0 radical (unpaired) electrons. The standard InChI is InChI=1S/C20H19BrFN5O3S/c1-10(18-25-15(9-31-18)12-3-5-13(21)6-4-12)24-19-23-7-14(22)17(26-19)27-16(11(2)28)8-30-20(27)29/h3-7,9-11,16,28H,8H2,1-2H3,(H,23,24,26)/t10?,11-,16?/m1/s1. The molecule has 0 spiro atoms. The Morgan fingerprint density at radius 2 is 2.06 bits per heavy atom. The molecule has 2 aromatic heterocycles. The minimum atomic E-state index is -0.913. The van der Waals surface area contributed by atoms with Gasteiger partial charge in [0.25, 0.3) is 0 Å². The lowest BCUT2D eigenvalue weighted by Crippen LogP contribution is -2.42. The maximum absolute atomic E-state index is 14.4. The summed E-state index contributed by atoms with van der Waals surface area (Å²) in [5, 5.41) is 15.8. The number of thiazole rings is 1. The Morgan fingerprint density at radius 1 is 1.32 bits per heavy atom. The van der Waals surface area contributed by atoms with Gasteiger partial charge in [-0.25, -0.2) is 24.1 Å². The van der Waals surface area contributed by atoms with Crippen LogP contribution in [0.25, 0.3) is 11.3 Å². The highest BCUT2D eigenvalue weighted by molar-refractivity contribution is 9.10. The lowest BCUT2D eigenvalue weighted by molar-refractivity contribution is 0.142. The van der Waals surface area contributed by atoms with Gasteiger partial charge in [-0.1, -0.05) is 28.1 Å². The van der Waals surface area contributed by atoms with Crippen molar-refractivity contribution in [1.29, 1.82) is 0 Å². The van der Waals surface area contributed by atoms with Gasteiger partial charge in [-0.05, 0) is 26.0 Å². The summed E-state index contributed by atoms with van der Waals surface area (Å²) in [5.41, 5.74) is 1.84. The number of halogens is 2. The molecule has 0 bridgehead atoms. The van der Waals surface area contributed by atoms with Crippen molar-refractivity contribution in [2.45, 2.75) is 32.0 Å². The van der Waals surface area contributed by atoms with Crippen molar-refractivity contribution in [2.75, 3.05) is 16.8 Å². The molecule has 1 amide bonds. The molecule has 2 N–H and O–H groups in total. The molecule has 1 saturated heterocycles. The van der Waals surface area contributed by atoms with E-state index < -0.39 is 24.1 Å². The number of carbonyl (C=O) groups is 1. The monoisotopic (exact) mass is 507 g/mol. The number of ether oxygens (including phenoxy) is 1. The third kappa shape index (κ3) is 4.53. The van der Waals surface area contributed by atoms with Gasteiger partial charge in [-0.15, -0.1) is 11.3 Å². The first-order valence-corrected chi connectivity index (χ1v) is 11.1. The SMILES string of the molecule is CC(Nc1ncc(F)c(N2C(=O)OCC2[C@@H](C)O)n1)c1nc(-c2ccc(Br)cc2)cs1. The van der Waals surface area contributed by atoms with Crippen molar-refractivity contribution in [1.82, 2.24) is 15.0 Å². The number of cyclic esters (lactones) is 1. The van der Waals surface area contributed by atoms with Crippen molar-refractivity contribution in [3.8, 4) is 11.3 Å². The largest absolute Gasteiger partial charge is 0.447 e. The van der Waals surface area contributed by atoms with Gasteiger partial charge in [0, 0.05) is 15.4 Å². The molecule has 1 aliphatic heterocycles. The second-order valence-electron chi connectivity index (χ2n) is 7.06. The number of benzene rings is 1. The number of hydrogen-bond donors (Lipinski definition) is 2. The van der Waals surface area contributed by atoms with Crippen molar-refractivity contribution in [3.05, 3.63) is 51.1 Å². The number of aliphatic hydroxyl groups excluding tert-OH is 1. The van der Waals surface area contributed by atoms with Gasteiger partial charge in [0.05, 0.1) is 24.0 Å². The fourth-order valence-electron chi connectivity index (χ4n) is 3.13. The predicted octanol–water partition coefficient (Wildman–Crippen LogP) is 4.38. The molecule has 3 atom stereocenters. The second kappa shape index (κ2) is 8.85. The molecule has 3 aromatic rings. The Bertz CT molecular complexity index is 1090. The van der Waals surface area contributed by atoms with Crippen LogP contribution < -0.4 is 10.2 Å². The fraction of sp³-hybridized carbons (Fsp3) is 0.300. The highest BCUT2D eigenvalue weighted by Gasteiger charge is 2.39. The number of anilines is 2. The number of aromatic nitrogens is 3. The van der Waals surface area contributed by atoms with E-state index in [-0.39, 0.29) is 24.4 Å². The Morgan fingerprint density at radius 3 is 2.77 bits per heavy atom. The minimum absolute atomic E-state index is 0.0446. The molecule has 0 aliphatic carbocycles. The van der Waals surface area contributed by atoms with Crippen LogP contribution in [0.15, 0.2) is 40.3 Å². The van der Waals surface area contributed by atoms with Gasteiger partial charge >= 0.3 is 6.09 Å². The first-order chi connectivity index (χ1) is 14.8. The Labute approximate surface area is 190 Å². The van der Waals surface area contributed by atoms with E-state index in [0.717, 1.165) is 31.8 Å². The quantitative estimate of drug-likeness (QED) is 0.510. The molecule has 162 valence electrons. The zero-order valence-corrected chi connectivity index (χ0v) is 19.0. The highest BCUT2D eigenvalue weighted by Crippen LogP contribution is 2.30. The zero-order valence-electron chi connectivity index (χ0n) is 16.6. The van der Waals surface area contributed by atoms with E-state index in [9.17, 15) is 14.3 Å². The Hall–Kier alpha value is -2.63. The molecule has 8 nitrogen and oxygen atoms in total. The predicted molar refractivity (Wildman–Crippen MR) is 119 cm³/mol. The second-order valence-corrected chi connectivity index (χ2v) is 8.87. The topological polar surface area (TPSA) is 100 Å². The van der Waals surface area contributed by atoms with Crippen LogP contribution in [0, 0.1) is 5.82 Å². The van der Waals surface area contributed by atoms with Crippen LogP contribution in [0.2, 0.25) is 0 Å². The normalized spacial score (nSPS) is 18.0. The van der Waals surface area contributed by atoms with Gasteiger partial charge in [0.2, 0.25) is 5.95 Å². The number of aliphatic hydroxyl groups is 1. The average molecular weight is 508 g/mol. The summed E-state index contributed by atoms with van der Waals surface area (Å²) in [5.74, 6) is -0.893. The lowest BCUT2D eigenvalue weighted by Gasteiger charge is -2.23. The van der Waals surface area contributed by atoms with Crippen LogP contribution in [-0.2, 0) is 4.74 Å². The molecule has 2 unspecified atom stereocenters. The maximum Gasteiger partial charge on any atom is 0.416 e. The van der Waals surface area contributed by atoms with Crippen LogP contribution in [0.1, 0.15) is 24.9 Å². The summed E-state index contributed by atoms with van der Waals surface area (Å²) >= 11 is 4.90. The molecule has 4 rings (SSSR count). The smallest absolute Gasteiger partial charge is 0.416 e. The molecule has 1 aromatic carbocycles. The first-order valence-electron chi connectivity index (χ1n) is 9.48. The fourth-order valence-corrected chi connectivity index (χ4v) is 4.23. The van der Waals surface area contributed by atoms with Crippen molar-refractivity contribution >= 4 is 45.1 Å². The molecule has 31 heavy (non-hydrogen) atoms. The third-order valence-corrected chi connectivity index (χ3v) is 6.35. The number of nitrogens with one attached hydrogen (secondary N) is 1. The average Bonchev–Trinajstić information content (AvgIpc) is 3.37. The summed E-state index contributed by atoms with van der Waals surface area (Å²) in [6.45, 7) is 3.35. The summed E-state index contributed by atoms with van der Waals surface area (Å²) in [4.78, 5) is 25.9. The van der Waals surface area contributed by atoms with E-state index in [4.69, 9.17) is 4.74 Å². The first kappa shape index (κ1) is 21.6. The third-order valence-electron chi connectivity index (χ3n) is 4.79. The van der Waals surface area contributed by atoms with E-state index >= 15 is 0 Å². The van der Waals surface area contributed by atoms with E-state index in [1.165, 1.54) is 18.3 Å². The van der Waals surface area contributed by atoms with Crippen LogP contribution in [-0.4, -0.2) is 44.9 Å². The minimum Gasteiger partial charge on any atom is -0.447 e. The van der Waals surface area contributed by atoms with E-state index in [2.05, 4.69) is 36.2 Å². The molecular formula is C20H19BrFN5O3S. The van der Waals surface area contributed by atoms with Crippen LogP contribution in [0.3, 0.4) is 0 Å². The van der Waals surface area contributed by atoms with Gasteiger partial charge in [0.15, 0.2) is 11.6 Å². The molecule has 11 heteroatoms. The summed E-state index contributed by atoms with van der Waals surface area (Å²) in [7, 11) is 0. The summed E-state index contributed by atoms with van der Waals surface area (Å²) < 4.78 is 20.4. The number of nitrogens with zero attached hydrogens (tertiary/aromatic N) is 4. The molecule has 1 aliphatic rings. The van der Waals surface area contributed by atoms with E-state index in [1.807, 2.05) is 36.6 Å². The number of rotatable bonds is 6. The Balaban J connectivity index is 1.54. The van der Waals surface area contributed by atoms with E-state index in [1.54, 1.807) is 0 Å². The van der Waals surface area contributed by atoms with Crippen LogP contribution >= 0.6 is 27.3 Å². The van der Waals surface area contributed by atoms with Crippen LogP contribution in [0.5, 0.6) is 0 Å². The van der Waals surface area contributed by atoms with Gasteiger partial charge in [-0.2, -0.15) is 4.98 Å². The number of hydrogen-bond acceptors (Lipinski definition) is 8. The van der Waals surface area contributed by atoms with E-state index in [0.29, 0.717) is 0 Å². The van der Waals surface area contributed by atoms with Gasteiger partial charge in [-0.3, -0.25) is 0 Å². The molecule has 3 heterocycles. The van der Waals surface area contributed by atoms with Gasteiger partial charge < -0.3 is 15.2 Å². The van der Waals surface area contributed by atoms with Crippen LogP contribution in [0.4, 0.5) is 21.0 Å². The lowest BCUT2D eigenvalue weighted by atomic mass is 10.2. The van der Waals surface area contributed by atoms with Gasteiger partial charge in [0.1, 0.15) is 17.7 Å². The Kier molecular flexibility index (Phi) is 6.17. The number of carbonyl (C=O) groups excluding carboxylic acids is 1. The van der Waals surface area contributed by atoms with Crippen molar-refractivity contribution < 1.29 is 19.0 Å². The molecular weight excluding hydrogens is 489 g/mol. The zero-order chi connectivity index (χ0) is 22.1. The molecule has 1 fully saturated rings. The van der Waals surface area contributed by atoms with Crippen molar-refractivity contribution in [3.63, 3.8) is 0 Å². The summed E-state index contributed by atoms with van der Waals surface area (Å²) in [6.07, 6.45) is -0.693. The maximum atomic E-state index is 14.4. The highest BCUT2D eigenvalue weighted by atomic mass is 79.9. The number of amides is 1. The molecule has 0 saturated carbocycles. The summed E-state index contributed by atoms with van der Waals surface area (Å²) in [6, 6.07) is 6.87.